The van der Waals surface area contributed by atoms with Gasteiger partial charge in [0.2, 0.25) is 10.0 Å². The fraction of sp³-hybridized carbons (Fsp3) is 0.538. The Hall–Kier alpha value is -0.500. The van der Waals surface area contributed by atoms with E-state index in [1.807, 2.05) is 13.8 Å². The van der Waals surface area contributed by atoms with Crippen LogP contribution in [-0.2, 0) is 16.6 Å². The number of hydrogen-bond donors (Lipinski definition) is 1. The first-order chi connectivity index (χ1) is 9.29. The quantitative estimate of drug-likeness (QED) is 0.840. The van der Waals surface area contributed by atoms with Gasteiger partial charge in [-0.2, -0.15) is 4.31 Å². The minimum Gasteiger partial charge on any atom is -0.392 e. The molecule has 0 aliphatic carbocycles. The first kappa shape index (κ1) is 17.6. The molecule has 0 saturated heterocycles. The summed E-state index contributed by atoms with van der Waals surface area (Å²) >= 11 is 3.14. The van der Waals surface area contributed by atoms with Gasteiger partial charge >= 0.3 is 0 Å². The Bertz CT molecular complexity index is 573. The van der Waals surface area contributed by atoms with Crippen LogP contribution in [0.1, 0.15) is 32.3 Å². The van der Waals surface area contributed by atoms with E-state index >= 15 is 0 Å². The van der Waals surface area contributed by atoms with Gasteiger partial charge in [-0.1, -0.05) is 29.8 Å². The minimum absolute atomic E-state index is 0.0455. The lowest BCUT2D eigenvalue weighted by molar-refractivity contribution is 0.274. The molecule has 1 N–H and O–H groups in total. The van der Waals surface area contributed by atoms with Crippen LogP contribution in [-0.4, -0.2) is 30.9 Å². The average Bonchev–Trinajstić information content (AvgIpc) is 2.41. The van der Waals surface area contributed by atoms with Gasteiger partial charge in [0, 0.05) is 23.1 Å². The third-order valence-corrected chi connectivity index (χ3v) is 5.73. The van der Waals surface area contributed by atoms with E-state index in [1.165, 1.54) is 23.5 Å². The number of halogens is 2. The van der Waals surface area contributed by atoms with Crippen molar-refractivity contribution >= 4 is 26.0 Å². The molecule has 20 heavy (non-hydrogen) atoms. The summed E-state index contributed by atoms with van der Waals surface area (Å²) in [7, 11) is -2.48. The van der Waals surface area contributed by atoms with Crippen molar-refractivity contribution in [1.29, 1.82) is 0 Å². The maximum Gasteiger partial charge on any atom is 0.246 e. The molecule has 0 spiro atoms. The van der Waals surface area contributed by atoms with Crippen molar-refractivity contribution in [2.45, 2.75) is 44.2 Å². The van der Waals surface area contributed by atoms with Crippen molar-refractivity contribution in [3.05, 3.63) is 28.0 Å². The van der Waals surface area contributed by atoms with Crippen LogP contribution in [0.25, 0.3) is 0 Å². The van der Waals surface area contributed by atoms with Gasteiger partial charge in [0.25, 0.3) is 0 Å². The zero-order valence-electron chi connectivity index (χ0n) is 11.7. The average molecular weight is 368 g/mol. The predicted molar refractivity (Wildman–Crippen MR) is 79.3 cm³/mol. The summed E-state index contributed by atoms with van der Waals surface area (Å²) in [6, 6.07) is 2.41. The van der Waals surface area contributed by atoms with Crippen LogP contribution in [0.4, 0.5) is 4.39 Å². The summed E-state index contributed by atoms with van der Waals surface area (Å²) in [5, 5.41) is 9.10. The van der Waals surface area contributed by atoms with E-state index in [1.54, 1.807) is 0 Å². The van der Waals surface area contributed by atoms with Crippen molar-refractivity contribution in [3.63, 3.8) is 0 Å². The van der Waals surface area contributed by atoms with Crippen LogP contribution in [0.15, 0.2) is 21.5 Å². The SMILES string of the molecule is CCC(CC)N(C)S(=O)(=O)c1cc(Br)cc(CO)c1F. The second-order valence-corrected chi connectivity index (χ2v) is 7.41. The molecule has 0 heterocycles. The lowest BCUT2D eigenvalue weighted by atomic mass is 10.2. The zero-order valence-corrected chi connectivity index (χ0v) is 14.1. The van der Waals surface area contributed by atoms with Gasteiger partial charge in [-0.25, -0.2) is 12.8 Å². The molecule has 0 aliphatic heterocycles. The Kier molecular flexibility index (Phi) is 6.12. The molecule has 1 aromatic rings. The molecule has 1 aromatic carbocycles. The fourth-order valence-corrected chi connectivity index (χ4v) is 4.37. The van der Waals surface area contributed by atoms with Crippen LogP contribution in [0.5, 0.6) is 0 Å². The molecule has 0 amide bonds. The summed E-state index contributed by atoms with van der Waals surface area (Å²) in [5.41, 5.74) is -0.0455. The zero-order chi connectivity index (χ0) is 15.5. The van der Waals surface area contributed by atoms with Crippen LogP contribution in [0.3, 0.4) is 0 Å². The number of rotatable bonds is 6. The molecule has 114 valence electrons. The summed E-state index contributed by atoms with van der Waals surface area (Å²) in [6.07, 6.45) is 1.30. The number of aliphatic hydroxyl groups is 1. The highest BCUT2D eigenvalue weighted by Crippen LogP contribution is 2.27. The van der Waals surface area contributed by atoms with Crippen molar-refractivity contribution < 1.29 is 17.9 Å². The topological polar surface area (TPSA) is 57.6 Å². The number of benzene rings is 1. The lowest BCUT2D eigenvalue weighted by Gasteiger charge is -2.26. The molecule has 0 bridgehead atoms. The number of nitrogens with zero attached hydrogens (tertiary/aromatic N) is 1. The van der Waals surface area contributed by atoms with Crippen LogP contribution >= 0.6 is 15.9 Å². The molecule has 0 aromatic heterocycles. The molecule has 0 radical (unpaired) electrons. The Balaban J connectivity index is 3.39. The van der Waals surface area contributed by atoms with Crippen LogP contribution in [0, 0.1) is 5.82 Å². The molecule has 0 atom stereocenters. The van der Waals surface area contributed by atoms with E-state index in [0.717, 1.165) is 0 Å². The van der Waals surface area contributed by atoms with Gasteiger partial charge < -0.3 is 5.11 Å². The first-order valence-corrected chi connectivity index (χ1v) is 8.59. The standard InChI is InChI=1S/C13H19BrFNO3S/c1-4-11(5-2)16(3)20(18,19)12-7-10(14)6-9(8-17)13(12)15/h6-7,11,17H,4-5,8H2,1-3H3. The predicted octanol–water partition coefficient (Wildman–Crippen LogP) is 2.89. The molecule has 7 heteroatoms. The summed E-state index contributed by atoms with van der Waals surface area (Å²) in [6.45, 7) is 3.22. The molecule has 4 nitrogen and oxygen atoms in total. The van der Waals surface area contributed by atoms with Crippen LogP contribution in [0.2, 0.25) is 0 Å². The summed E-state index contributed by atoms with van der Waals surface area (Å²) < 4.78 is 40.8. The Labute approximate surface area is 127 Å². The maximum atomic E-state index is 14.2. The number of hydrogen-bond acceptors (Lipinski definition) is 3. The number of sulfonamides is 1. The lowest BCUT2D eigenvalue weighted by Crippen LogP contribution is -2.36. The molecule has 0 fully saturated rings. The summed E-state index contributed by atoms with van der Waals surface area (Å²) in [5.74, 6) is -0.895. The second-order valence-electron chi connectivity index (χ2n) is 4.53. The molecule has 1 rings (SSSR count). The molecular weight excluding hydrogens is 349 g/mol. The van der Waals surface area contributed by atoms with Gasteiger partial charge in [0.05, 0.1) is 6.61 Å². The third-order valence-electron chi connectivity index (χ3n) is 3.36. The Morgan fingerprint density at radius 2 is 1.90 bits per heavy atom. The molecule has 0 saturated carbocycles. The highest BCUT2D eigenvalue weighted by molar-refractivity contribution is 9.10. The second kappa shape index (κ2) is 6.98. The van der Waals surface area contributed by atoms with Crippen molar-refractivity contribution in [1.82, 2.24) is 4.31 Å². The Morgan fingerprint density at radius 1 is 1.35 bits per heavy atom. The summed E-state index contributed by atoms with van der Waals surface area (Å²) in [4.78, 5) is -0.412. The van der Waals surface area contributed by atoms with E-state index in [-0.39, 0.29) is 11.6 Å². The fourth-order valence-electron chi connectivity index (χ4n) is 2.08. The van der Waals surface area contributed by atoms with E-state index in [0.29, 0.717) is 17.3 Å². The van der Waals surface area contributed by atoms with Gasteiger partial charge in [-0.15, -0.1) is 0 Å². The van der Waals surface area contributed by atoms with Crippen molar-refractivity contribution in [2.75, 3.05) is 7.05 Å². The number of aliphatic hydroxyl groups excluding tert-OH is 1. The highest BCUT2D eigenvalue weighted by Gasteiger charge is 2.30. The molecule has 0 unspecified atom stereocenters. The highest BCUT2D eigenvalue weighted by atomic mass is 79.9. The van der Waals surface area contributed by atoms with E-state index in [9.17, 15) is 12.8 Å². The van der Waals surface area contributed by atoms with E-state index in [2.05, 4.69) is 15.9 Å². The van der Waals surface area contributed by atoms with E-state index in [4.69, 9.17) is 5.11 Å². The minimum atomic E-state index is -3.93. The van der Waals surface area contributed by atoms with Crippen molar-refractivity contribution in [2.24, 2.45) is 0 Å². The van der Waals surface area contributed by atoms with E-state index < -0.39 is 27.3 Å². The molecular formula is C13H19BrFNO3S. The smallest absolute Gasteiger partial charge is 0.246 e. The van der Waals surface area contributed by atoms with Gasteiger partial charge in [-0.3, -0.25) is 0 Å². The van der Waals surface area contributed by atoms with Crippen LogP contribution < -0.4 is 0 Å². The van der Waals surface area contributed by atoms with Gasteiger partial charge in [-0.05, 0) is 25.0 Å². The monoisotopic (exact) mass is 367 g/mol. The normalized spacial score (nSPS) is 12.4. The first-order valence-electron chi connectivity index (χ1n) is 6.36. The Morgan fingerprint density at radius 3 is 2.35 bits per heavy atom. The maximum absolute atomic E-state index is 14.2. The van der Waals surface area contributed by atoms with Gasteiger partial charge in [0.1, 0.15) is 10.7 Å². The van der Waals surface area contributed by atoms with Gasteiger partial charge in [0.15, 0.2) is 0 Å². The largest absolute Gasteiger partial charge is 0.392 e. The van der Waals surface area contributed by atoms with Crippen molar-refractivity contribution in [3.8, 4) is 0 Å². The third kappa shape index (κ3) is 3.39. The molecule has 0 aliphatic rings.